The molecule has 2 aromatic rings. The predicted octanol–water partition coefficient (Wildman–Crippen LogP) is 3.96. The zero-order valence-electron chi connectivity index (χ0n) is 22.0. The maximum Gasteiger partial charge on any atom is 0.416 e. The summed E-state index contributed by atoms with van der Waals surface area (Å²) in [6.45, 7) is 0.928. The number of rotatable bonds is 12. The fraction of sp³-hybridized carbons (Fsp3) is 0.407. The van der Waals surface area contributed by atoms with Crippen LogP contribution in [-0.2, 0) is 35.6 Å². The van der Waals surface area contributed by atoms with Gasteiger partial charge in [0.15, 0.2) is 0 Å². The molecule has 1 aliphatic heterocycles. The Balaban J connectivity index is 1.61. The first-order valence-corrected chi connectivity index (χ1v) is 16.0. The number of carboxylic acids is 1. The van der Waals surface area contributed by atoms with Gasteiger partial charge in [-0.1, -0.05) is 30.4 Å². The number of carbonyl (C=O) groups excluding carboxylic acids is 1. The number of halogens is 3. The third-order valence-corrected chi connectivity index (χ3v) is 9.65. The number of piperidine rings is 1. The lowest BCUT2D eigenvalue weighted by atomic mass is 9.97. The smallest absolute Gasteiger partial charge is 0.416 e. The van der Waals surface area contributed by atoms with Crippen LogP contribution in [0, 0.1) is 5.92 Å². The summed E-state index contributed by atoms with van der Waals surface area (Å²) in [7, 11) is -8.00. The molecule has 9 nitrogen and oxygen atoms in total. The number of sulfonamides is 1. The normalized spacial score (nSPS) is 15.3. The fourth-order valence-electron chi connectivity index (χ4n) is 4.38. The molecule has 14 heteroatoms. The average Bonchev–Trinajstić information content (AvgIpc) is 2.91. The number of hydrogen-bond acceptors (Lipinski definition) is 6. The lowest BCUT2D eigenvalue weighted by molar-refractivity contribution is -0.138. The van der Waals surface area contributed by atoms with E-state index >= 15 is 0 Å². The van der Waals surface area contributed by atoms with Crippen LogP contribution in [0.1, 0.15) is 43.2 Å². The van der Waals surface area contributed by atoms with Crippen LogP contribution in [0.15, 0.2) is 64.4 Å². The molecule has 2 aromatic carbocycles. The van der Waals surface area contributed by atoms with E-state index in [4.69, 9.17) is 5.11 Å². The Bertz CT molecular complexity index is 1470. The van der Waals surface area contributed by atoms with Crippen LogP contribution in [0.5, 0.6) is 0 Å². The van der Waals surface area contributed by atoms with Gasteiger partial charge in [-0.2, -0.15) is 13.2 Å². The van der Waals surface area contributed by atoms with Gasteiger partial charge >= 0.3 is 12.1 Å². The van der Waals surface area contributed by atoms with Gasteiger partial charge in [-0.25, -0.2) is 21.6 Å². The Morgan fingerprint density at radius 2 is 1.63 bits per heavy atom. The van der Waals surface area contributed by atoms with Crippen molar-refractivity contribution in [3.05, 3.63) is 65.7 Å². The van der Waals surface area contributed by atoms with E-state index in [0.717, 1.165) is 24.3 Å². The van der Waals surface area contributed by atoms with Crippen molar-refractivity contribution in [3.63, 3.8) is 0 Å². The summed E-state index contributed by atoms with van der Waals surface area (Å²) in [6.07, 6.45) is -1.44. The molecule has 41 heavy (non-hydrogen) atoms. The minimum absolute atomic E-state index is 0.0477. The Morgan fingerprint density at radius 1 is 0.976 bits per heavy atom. The summed E-state index contributed by atoms with van der Waals surface area (Å²) < 4.78 is 94.0. The monoisotopic (exact) mass is 616 g/mol. The van der Waals surface area contributed by atoms with E-state index in [1.54, 1.807) is 11.0 Å². The number of aliphatic carboxylic acids is 1. The van der Waals surface area contributed by atoms with Crippen molar-refractivity contribution in [2.24, 2.45) is 5.92 Å². The fourth-order valence-corrected chi connectivity index (χ4v) is 6.65. The highest BCUT2D eigenvalue weighted by Gasteiger charge is 2.34. The largest absolute Gasteiger partial charge is 0.481 e. The van der Waals surface area contributed by atoms with Crippen molar-refractivity contribution in [1.29, 1.82) is 0 Å². The number of nitrogens with one attached hydrogen (secondary N) is 1. The van der Waals surface area contributed by atoms with Gasteiger partial charge in [0.25, 0.3) is 0 Å². The van der Waals surface area contributed by atoms with Gasteiger partial charge in [0.1, 0.15) is 0 Å². The second kappa shape index (κ2) is 13.6. The van der Waals surface area contributed by atoms with Crippen LogP contribution in [-0.4, -0.2) is 64.1 Å². The topological polar surface area (TPSA) is 138 Å². The molecule has 0 radical (unpaired) electrons. The first kappa shape index (κ1) is 32.3. The van der Waals surface area contributed by atoms with Crippen molar-refractivity contribution in [3.8, 4) is 0 Å². The Hall–Kier alpha value is -3.23. The van der Waals surface area contributed by atoms with Crippen LogP contribution in [0.4, 0.5) is 13.2 Å². The van der Waals surface area contributed by atoms with E-state index < -0.39 is 48.9 Å². The third kappa shape index (κ3) is 9.40. The predicted molar refractivity (Wildman–Crippen MR) is 145 cm³/mol. The SMILES string of the molecule is O=C(O)CCCC(=O)N1CCC(CNS(=O)(=O)CC=Cc2cc(S(=O)(=O)c3ccccc3)ccc2C(F)(F)F)CC1. The number of carboxylic acid groups (broad SMARTS) is 1. The first-order valence-electron chi connectivity index (χ1n) is 12.8. The van der Waals surface area contributed by atoms with Crippen LogP contribution in [0.3, 0.4) is 0 Å². The Labute approximate surface area is 237 Å². The van der Waals surface area contributed by atoms with Gasteiger partial charge in [0.2, 0.25) is 25.8 Å². The van der Waals surface area contributed by atoms with Crippen LogP contribution in [0.25, 0.3) is 6.08 Å². The molecule has 0 aromatic heterocycles. The van der Waals surface area contributed by atoms with Crippen LogP contribution in [0.2, 0.25) is 0 Å². The number of nitrogens with zero attached hydrogens (tertiary/aromatic N) is 1. The zero-order valence-corrected chi connectivity index (χ0v) is 23.6. The Kier molecular flexibility index (Phi) is 10.7. The maximum absolute atomic E-state index is 13.6. The molecule has 1 heterocycles. The maximum atomic E-state index is 13.6. The van der Waals surface area contributed by atoms with Gasteiger partial charge < -0.3 is 10.0 Å². The molecule has 0 bridgehead atoms. The second-order valence-electron chi connectivity index (χ2n) is 9.67. The van der Waals surface area contributed by atoms with E-state index in [2.05, 4.69) is 4.72 Å². The molecule has 224 valence electrons. The summed E-state index contributed by atoms with van der Waals surface area (Å²) in [5.41, 5.74) is -1.58. The molecular formula is C27H31F3N2O7S2. The molecule has 0 spiro atoms. The molecule has 2 N–H and O–H groups in total. The molecule has 1 fully saturated rings. The highest BCUT2D eigenvalue weighted by molar-refractivity contribution is 7.91. The quantitative estimate of drug-likeness (QED) is 0.368. The number of alkyl halides is 3. The second-order valence-corrected chi connectivity index (χ2v) is 13.5. The van der Waals surface area contributed by atoms with Gasteiger partial charge in [0, 0.05) is 32.5 Å². The zero-order chi connectivity index (χ0) is 30.3. The van der Waals surface area contributed by atoms with E-state index in [0.29, 0.717) is 32.0 Å². The van der Waals surface area contributed by atoms with E-state index in [9.17, 15) is 39.6 Å². The van der Waals surface area contributed by atoms with Crippen molar-refractivity contribution in [2.75, 3.05) is 25.4 Å². The standard InChI is InChI=1S/C27H31F3N2O7S2/c28-27(29,30)24-12-11-23(41(38,39)22-7-2-1-3-8-22)18-21(24)6-5-17-40(36,37)31-19-20-13-15-32(16-14-20)25(33)9-4-10-26(34)35/h1-3,5-8,11-12,18,20,31H,4,9-10,13-17,19H2,(H,34,35). The average molecular weight is 617 g/mol. The number of likely N-dealkylation sites (tertiary alicyclic amines) is 1. The molecular weight excluding hydrogens is 585 g/mol. The number of amides is 1. The summed E-state index contributed by atoms with van der Waals surface area (Å²) in [5, 5.41) is 8.68. The minimum Gasteiger partial charge on any atom is -0.481 e. The number of hydrogen-bond donors (Lipinski definition) is 2. The van der Waals surface area contributed by atoms with Crippen molar-refractivity contribution in [1.82, 2.24) is 9.62 Å². The van der Waals surface area contributed by atoms with E-state index in [1.807, 2.05) is 0 Å². The molecule has 1 saturated heterocycles. The molecule has 0 saturated carbocycles. The van der Waals surface area contributed by atoms with Gasteiger partial charge in [-0.3, -0.25) is 9.59 Å². The van der Waals surface area contributed by atoms with Crippen LogP contribution >= 0.6 is 0 Å². The molecule has 1 amide bonds. The van der Waals surface area contributed by atoms with Crippen molar-refractivity contribution < 1.29 is 44.7 Å². The molecule has 0 atom stereocenters. The van der Waals surface area contributed by atoms with Gasteiger partial charge in [0.05, 0.1) is 21.1 Å². The molecule has 3 rings (SSSR count). The minimum atomic E-state index is -4.79. The summed E-state index contributed by atoms with van der Waals surface area (Å²) in [6, 6.07) is 9.63. The third-order valence-electron chi connectivity index (χ3n) is 6.65. The summed E-state index contributed by atoms with van der Waals surface area (Å²) in [4.78, 5) is 24.0. The number of benzene rings is 2. The van der Waals surface area contributed by atoms with Gasteiger partial charge in [-0.05, 0) is 61.1 Å². The Morgan fingerprint density at radius 3 is 2.24 bits per heavy atom. The molecule has 0 aliphatic carbocycles. The highest BCUT2D eigenvalue weighted by Crippen LogP contribution is 2.35. The number of sulfone groups is 1. The summed E-state index contributed by atoms with van der Waals surface area (Å²) in [5.74, 6) is -1.78. The van der Waals surface area contributed by atoms with E-state index in [1.165, 1.54) is 24.3 Å². The lowest BCUT2D eigenvalue weighted by Crippen LogP contribution is -2.41. The highest BCUT2D eigenvalue weighted by atomic mass is 32.2. The summed E-state index contributed by atoms with van der Waals surface area (Å²) >= 11 is 0. The van der Waals surface area contributed by atoms with E-state index in [-0.39, 0.29) is 47.4 Å². The number of carbonyl (C=O) groups is 2. The van der Waals surface area contributed by atoms with Crippen molar-refractivity contribution >= 4 is 37.8 Å². The molecule has 1 aliphatic rings. The lowest BCUT2D eigenvalue weighted by Gasteiger charge is -2.32. The van der Waals surface area contributed by atoms with Gasteiger partial charge in [-0.15, -0.1) is 0 Å². The first-order chi connectivity index (χ1) is 19.2. The van der Waals surface area contributed by atoms with Crippen molar-refractivity contribution in [2.45, 2.75) is 48.1 Å². The van der Waals surface area contributed by atoms with Crippen LogP contribution < -0.4 is 4.72 Å². The molecule has 0 unspecified atom stereocenters.